The van der Waals surface area contributed by atoms with E-state index in [9.17, 15) is 28.8 Å². The van der Waals surface area contributed by atoms with Gasteiger partial charge in [-0.05, 0) is 179 Å². The van der Waals surface area contributed by atoms with Gasteiger partial charge in [-0.2, -0.15) is 0 Å². The van der Waals surface area contributed by atoms with Crippen molar-refractivity contribution >= 4 is 58.8 Å². The molecular formula is C84H66N3O18P3. The zero-order valence-electron chi connectivity index (χ0n) is 57.5. The molecule has 0 saturated heterocycles. The number of hydrogen-bond acceptors (Lipinski definition) is 21. The monoisotopic (exact) mass is 1500 g/mol. The highest BCUT2D eigenvalue weighted by molar-refractivity contribution is 7.79. The van der Waals surface area contributed by atoms with Gasteiger partial charge in [0.05, 0.1) is 33.4 Å². The van der Waals surface area contributed by atoms with Crippen molar-refractivity contribution in [3.63, 3.8) is 0 Å². The summed E-state index contributed by atoms with van der Waals surface area (Å²) in [5, 5.41) is 0. The Morgan fingerprint density at radius 2 is 0.315 bits per heavy atom. The van der Waals surface area contributed by atoms with Gasteiger partial charge in [0.1, 0.15) is 74.1 Å². The number of carbonyl (C=O) groups excluding carboxylic acids is 6. The maximum Gasteiger partial charge on any atom is 0.460 e. The number of benzene rings is 12. The lowest BCUT2D eigenvalue weighted by Gasteiger charge is -2.33. The zero-order valence-corrected chi connectivity index (χ0v) is 60.1. The molecule has 0 bridgehead atoms. The summed E-state index contributed by atoms with van der Waals surface area (Å²) < 4.78 is 93.1. The molecule has 12 aromatic rings. The maximum absolute atomic E-state index is 13.8. The molecule has 0 fully saturated rings. The van der Waals surface area contributed by atoms with Gasteiger partial charge in [-0.3, -0.25) is 0 Å². The Hall–Kier alpha value is -13.1. The Labute approximate surface area is 621 Å². The Kier molecular flexibility index (Phi) is 23.9. The van der Waals surface area contributed by atoms with E-state index in [0.29, 0.717) is 0 Å². The highest BCUT2D eigenvalue weighted by atomic mass is 31.3. The smallest absolute Gasteiger partial charge is 0.457 e. The molecule has 0 radical (unpaired) electrons. The molecule has 1 heterocycles. The van der Waals surface area contributed by atoms with Gasteiger partial charge >= 0.3 is 58.8 Å². The van der Waals surface area contributed by atoms with Crippen LogP contribution in [0.25, 0.3) is 0 Å². The third-order valence-corrected chi connectivity index (χ3v) is 24.0. The van der Waals surface area contributed by atoms with Crippen molar-refractivity contribution < 1.29 is 84.3 Å². The minimum Gasteiger partial charge on any atom is -0.457 e. The van der Waals surface area contributed by atoms with Crippen molar-refractivity contribution in [2.24, 2.45) is 13.5 Å². The van der Waals surface area contributed by atoms with Crippen LogP contribution in [0.5, 0.6) is 34.5 Å². The second kappa shape index (κ2) is 35.2. The van der Waals surface area contributed by atoms with E-state index < -0.39 is 58.8 Å². The first-order chi connectivity index (χ1) is 52.8. The first kappa shape index (κ1) is 73.3. The van der Waals surface area contributed by atoms with Crippen molar-refractivity contribution in [3.05, 3.63) is 394 Å². The van der Waals surface area contributed by atoms with Gasteiger partial charge in [-0.15, -0.1) is 0 Å². The summed E-state index contributed by atoms with van der Waals surface area (Å²) in [4.78, 5) is 82.5. The van der Waals surface area contributed by atoms with Crippen LogP contribution < -0.4 is 27.1 Å². The first-order valence-corrected chi connectivity index (χ1v) is 38.3. The van der Waals surface area contributed by atoms with Crippen molar-refractivity contribution in [1.29, 1.82) is 0 Å². The number of hydrogen-bond donors (Lipinski definition) is 0. The quantitative estimate of drug-likeness (QED) is 0.0230. The molecule has 0 amide bonds. The SMILES string of the molecule is O=C(OCc1ccccc1)c1ccc(OP2(Oc3ccc(C(=O)OCc4ccccc4)cc3)=NP(Oc3ccc(C(=O)OCc4ccccc4)cc3)(Oc3ccc(C(=O)OCc4ccccc4)cc3)=NP(Oc3ccc(C(=O)OCc4ccccc4)cc3)(Oc3ccc(C(=O)OCc4ccccc4)cc3)=N2)cc1. The molecular weight excluding hydrogens is 1430 g/mol. The van der Waals surface area contributed by atoms with Crippen LogP contribution >= 0.6 is 23.0 Å². The van der Waals surface area contributed by atoms with Gasteiger partial charge in [0.25, 0.3) is 0 Å². The van der Waals surface area contributed by atoms with E-state index in [4.69, 9.17) is 69.1 Å². The van der Waals surface area contributed by atoms with Crippen LogP contribution in [0.4, 0.5) is 0 Å². The van der Waals surface area contributed by atoms with E-state index in [1.165, 1.54) is 146 Å². The van der Waals surface area contributed by atoms with Crippen molar-refractivity contribution in [2.45, 2.75) is 39.6 Å². The zero-order chi connectivity index (χ0) is 74.4. The normalized spacial score (nSPS) is 12.8. The van der Waals surface area contributed by atoms with Crippen LogP contribution in [0.15, 0.2) is 341 Å². The molecule has 540 valence electrons. The lowest BCUT2D eigenvalue weighted by Crippen LogP contribution is -2.12. The van der Waals surface area contributed by atoms with Crippen LogP contribution in [0.1, 0.15) is 95.5 Å². The molecule has 0 unspecified atom stereocenters. The Morgan fingerprint density at radius 3 is 0.444 bits per heavy atom. The summed E-state index contributed by atoms with van der Waals surface area (Å²) in [6.07, 6.45) is 0. The molecule has 0 saturated carbocycles. The minimum absolute atomic E-state index is 0.0110. The Morgan fingerprint density at radius 1 is 0.185 bits per heavy atom. The van der Waals surface area contributed by atoms with Crippen LogP contribution in [0.3, 0.4) is 0 Å². The van der Waals surface area contributed by atoms with Gasteiger partial charge < -0.3 is 55.6 Å². The average Bonchev–Trinajstić information content (AvgIpc) is 0.729. The standard InChI is InChI=1S/C84H66N3O18P3/c88-79(94-55-61-19-7-1-8-20-61)67-31-43-73(44-32-67)100-106(101-74-45-33-68(34-46-74)80(89)95-56-62-21-9-2-10-22-62)85-107(102-75-47-35-69(36-48-75)81(90)96-57-63-23-11-3-12-24-63,103-76-49-37-70(38-50-76)82(91)97-58-64-25-13-4-14-26-64)87-108(86-106,104-77-51-39-71(40-52-77)83(92)98-59-65-27-15-5-16-28-65)105-78-53-41-72(42-54-78)84(93)99-60-66-29-17-6-18-30-66/h1-54H,55-60H2. The number of esters is 6. The van der Waals surface area contributed by atoms with E-state index >= 15 is 0 Å². The van der Waals surface area contributed by atoms with Crippen LogP contribution in [-0.2, 0) is 68.1 Å². The fraction of sp³-hybridized carbons (Fsp3) is 0.0714. The molecule has 0 atom stereocenters. The second-order valence-corrected chi connectivity index (χ2v) is 30.0. The molecule has 0 spiro atoms. The predicted molar refractivity (Wildman–Crippen MR) is 404 cm³/mol. The highest BCUT2D eigenvalue weighted by Crippen LogP contribution is 2.78. The lowest BCUT2D eigenvalue weighted by atomic mass is 10.2. The van der Waals surface area contributed by atoms with E-state index in [1.807, 2.05) is 182 Å². The van der Waals surface area contributed by atoms with Gasteiger partial charge in [0.2, 0.25) is 0 Å². The highest BCUT2D eigenvalue weighted by Gasteiger charge is 2.49. The summed E-state index contributed by atoms with van der Waals surface area (Å²) in [7, 11) is -14.5. The third-order valence-electron chi connectivity index (χ3n) is 15.8. The van der Waals surface area contributed by atoms with Gasteiger partial charge in [-0.25, -0.2) is 28.8 Å². The van der Waals surface area contributed by atoms with Crippen LogP contribution in [0, 0.1) is 0 Å². The van der Waals surface area contributed by atoms with Crippen molar-refractivity contribution in [2.75, 3.05) is 0 Å². The van der Waals surface area contributed by atoms with Gasteiger partial charge in [0, 0.05) is 0 Å². The molecule has 12 aromatic carbocycles. The fourth-order valence-electron chi connectivity index (χ4n) is 10.3. The summed E-state index contributed by atoms with van der Waals surface area (Å²) >= 11 is 0. The van der Waals surface area contributed by atoms with Crippen molar-refractivity contribution in [1.82, 2.24) is 0 Å². The molecule has 108 heavy (non-hydrogen) atoms. The molecule has 0 aliphatic carbocycles. The molecule has 1 aliphatic heterocycles. The largest absolute Gasteiger partial charge is 0.460 e. The second-order valence-electron chi connectivity index (χ2n) is 23.8. The molecule has 13 rings (SSSR count). The predicted octanol–water partition coefficient (Wildman–Crippen LogP) is 20.5. The summed E-state index contributed by atoms with van der Waals surface area (Å²) in [5.41, 5.74) is 5.36. The fourth-order valence-corrected chi connectivity index (χ4v) is 19.4. The number of rotatable bonds is 30. The molecule has 1 aliphatic rings. The lowest BCUT2D eigenvalue weighted by molar-refractivity contribution is 0.0464. The van der Waals surface area contributed by atoms with E-state index in [0.717, 1.165) is 33.4 Å². The molecule has 0 aromatic heterocycles. The van der Waals surface area contributed by atoms with Gasteiger partial charge in [-0.1, -0.05) is 196 Å². The number of carbonyl (C=O) groups is 6. The van der Waals surface area contributed by atoms with E-state index in [1.54, 1.807) is 0 Å². The van der Waals surface area contributed by atoms with E-state index in [-0.39, 0.29) is 108 Å². The summed E-state index contributed by atoms with van der Waals surface area (Å²) in [6.45, 7) is -0.125. The molecule has 21 nitrogen and oxygen atoms in total. The molecule has 0 N–H and O–H groups in total. The summed E-state index contributed by atoms with van der Waals surface area (Å²) in [5.74, 6) is -4.01. The first-order valence-electron chi connectivity index (χ1n) is 33.7. The minimum atomic E-state index is -4.84. The Bertz CT molecular complexity index is 4410. The van der Waals surface area contributed by atoms with Crippen molar-refractivity contribution in [3.8, 4) is 34.5 Å². The van der Waals surface area contributed by atoms with Crippen LogP contribution in [-0.4, -0.2) is 35.8 Å². The molecule has 24 heteroatoms. The van der Waals surface area contributed by atoms with Gasteiger partial charge in [0.15, 0.2) is 0 Å². The average molecular weight is 1500 g/mol. The van der Waals surface area contributed by atoms with Crippen LogP contribution in [0.2, 0.25) is 0 Å². The summed E-state index contributed by atoms with van der Waals surface area (Å²) in [6, 6.07) is 90.1. The number of nitrogens with zero attached hydrogens (tertiary/aromatic N) is 3. The topological polar surface area (TPSA) is 250 Å². The number of ether oxygens (including phenoxy) is 6. The Balaban J connectivity index is 0.977. The maximum atomic E-state index is 13.8. The third kappa shape index (κ3) is 20.3. The van der Waals surface area contributed by atoms with E-state index in [2.05, 4.69) is 0 Å².